The summed E-state index contributed by atoms with van der Waals surface area (Å²) in [4.78, 5) is 12.0. The Morgan fingerprint density at radius 2 is 1.95 bits per heavy atom. The molecule has 0 spiro atoms. The van der Waals surface area contributed by atoms with Crippen molar-refractivity contribution in [3.05, 3.63) is 59.2 Å². The van der Waals surface area contributed by atoms with Crippen LogP contribution in [0.5, 0.6) is 5.75 Å². The fourth-order valence-electron chi connectivity index (χ4n) is 1.87. The highest BCUT2D eigenvalue weighted by Gasteiger charge is 2.12. The first-order valence-electron chi connectivity index (χ1n) is 6.34. The van der Waals surface area contributed by atoms with Crippen molar-refractivity contribution in [3.8, 4) is 5.75 Å². The minimum atomic E-state index is -0.529. The molecule has 0 saturated heterocycles. The van der Waals surface area contributed by atoms with Gasteiger partial charge in [0.1, 0.15) is 11.4 Å². The van der Waals surface area contributed by atoms with Crippen LogP contribution >= 0.6 is 0 Å². The van der Waals surface area contributed by atoms with Gasteiger partial charge in [-0.2, -0.15) is 0 Å². The lowest BCUT2D eigenvalue weighted by atomic mass is 10.1. The second-order valence-corrected chi connectivity index (χ2v) is 4.58. The molecule has 0 unspecified atom stereocenters. The number of nitrogens with zero attached hydrogens (tertiary/aromatic N) is 1. The molecule has 0 fully saturated rings. The molecule has 0 bridgehead atoms. The number of pyridine rings is 1. The molecule has 5 heteroatoms. The van der Waals surface area contributed by atoms with Gasteiger partial charge in [0.25, 0.3) is 0 Å². The standard InChI is InChI=1S/C16H16N2O3/c1-11-3-4-15(19)12(9-11)10-14(16(20)21-2)18-7-5-13(17)6-8-18/h3-10,17,19H,1-2H3/b14-10+. The van der Waals surface area contributed by atoms with Crippen LogP contribution in [0, 0.1) is 12.3 Å². The summed E-state index contributed by atoms with van der Waals surface area (Å²) < 4.78 is 6.33. The third-order valence-corrected chi connectivity index (χ3v) is 2.98. The molecule has 0 aliphatic rings. The van der Waals surface area contributed by atoms with Gasteiger partial charge in [0.2, 0.25) is 0 Å². The van der Waals surface area contributed by atoms with Crippen LogP contribution in [0.4, 0.5) is 0 Å². The Hall–Kier alpha value is -2.82. The molecule has 2 N–H and O–H groups in total. The van der Waals surface area contributed by atoms with E-state index in [1.807, 2.05) is 6.92 Å². The molecular formula is C16H16N2O3. The Kier molecular flexibility index (Phi) is 4.23. The first kappa shape index (κ1) is 14.6. The van der Waals surface area contributed by atoms with E-state index in [1.165, 1.54) is 7.11 Å². The van der Waals surface area contributed by atoms with E-state index in [0.717, 1.165) is 5.56 Å². The highest BCUT2D eigenvalue weighted by Crippen LogP contribution is 2.22. The fourth-order valence-corrected chi connectivity index (χ4v) is 1.87. The SMILES string of the molecule is COC(=O)/C(=C\c1cc(C)ccc1O)n1ccc(=N)cc1. The summed E-state index contributed by atoms with van der Waals surface area (Å²) in [5.41, 5.74) is 1.74. The summed E-state index contributed by atoms with van der Waals surface area (Å²) in [6.07, 6.45) is 4.74. The maximum absolute atomic E-state index is 12.0. The summed E-state index contributed by atoms with van der Waals surface area (Å²) in [7, 11) is 1.30. The van der Waals surface area contributed by atoms with E-state index in [0.29, 0.717) is 10.9 Å². The maximum atomic E-state index is 12.0. The topological polar surface area (TPSA) is 75.3 Å². The minimum absolute atomic E-state index is 0.0831. The molecule has 1 aromatic carbocycles. The van der Waals surface area contributed by atoms with Gasteiger partial charge in [-0.25, -0.2) is 4.79 Å². The number of hydrogen-bond donors (Lipinski definition) is 2. The van der Waals surface area contributed by atoms with Crippen molar-refractivity contribution >= 4 is 17.7 Å². The Bertz CT molecular complexity index is 740. The van der Waals surface area contributed by atoms with Crippen LogP contribution in [0.25, 0.3) is 11.8 Å². The van der Waals surface area contributed by atoms with Gasteiger partial charge < -0.3 is 19.8 Å². The molecule has 0 amide bonds. The van der Waals surface area contributed by atoms with Crippen LogP contribution in [0.2, 0.25) is 0 Å². The number of phenolic OH excluding ortho intramolecular Hbond substituents is 1. The number of hydrogen-bond acceptors (Lipinski definition) is 4. The van der Waals surface area contributed by atoms with Crippen molar-refractivity contribution < 1.29 is 14.6 Å². The maximum Gasteiger partial charge on any atom is 0.355 e. The highest BCUT2D eigenvalue weighted by atomic mass is 16.5. The van der Waals surface area contributed by atoms with Crippen molar-refractivity contribution in [1.29, 1.82) is 5.41 Å². The normalized spacial score (nSPS) is 11.2. The van der Waals surface area contributed by atoms with Crippen LogP contribution in [0.3, 0.4) is 0 Å². The molecule has 21 heavy (non-hydrogen) atoms. The largest absolute Gasteiger partial charge is 0.507 e. The number of carbonyl (C=O) groups excluding carboxylic acids is 1. The van der Waals surface area contributed by atoms with E-state index in [9.17, 15) is 9.90 Å². The molecular weight excluding hydrogens is 268 g/mol. The molecule has 0 radical (unpaired) electrons. The van der Waals surface area contributed by atoms with Gasteiger partial charge in [-0.05, 0) is 37.3 Å². The van der Waals surface area contributed by atoms with Crippen molar-refractivity contribution in [3.63, 3.8) is 0 Å². The zero-order valence-electron chi connectivity index (χ0n) is 11.8. The third-order valence-electron chi connectivity index (χ3n) is 2.98. The van der Waals surface area contributed by atoms with Gasteiger partial charge >= 0.3 is 5.97 Å². The molecule has 0 atom stereocenters. The number of carbonyl (C=O) groups is 1. The van der Waals surface area contributed by atoms with Gasteiger partial charge in [-0.3, -0.25) is 0 Å². The number of aromatic nitrogens is 1. The van der Waals surface area contributed by atoms with E-state index in [1.54, 1.807) is 53.4 Å². The Labute approximate surface area is 122 Å². The summed E-state index contributed by atoms with van der Waals surface area (Å²) in [5.74, 6) is -0.446. The fraction of sp³-hybridized carbons (Fsp3) is 0.125. The van der Waals surface area contributed by atoms with Crippen LogP contribution < -0.4 is 5.36 Å². The third kappa shape index (κ3) is 3.39. The molecule has 1 aromatic heterocycles. The molecule has 1 heterocycles. The lowest BCUT2D eigenvalue weighted by molar-refractivity contribution is -0.134. The van der Waals surface area contributed by atoms with E-state index in [-0.39, 0.29) is 11.4 Å². The Balaban J connectivity index is 2.57. The van der Waals surface area contributed by atoms with E-state index < -0.39 is 5.97 Å². The van der Waals surface area contributed by atoms with Crippen LogP contribution in [-0.4, -0.2) is 22.8 Å². The first-order valence-corrected chi connectivity index (χ1v) is 6.34. The van der Waals surface area contributed by atoms with Crippen molar-refractivity contribution in [2.24, 2.45) is 0 Å². The number of nitrogens with one attached hydrogen (secondary N) is 1. The van der Waals surface area contributed by atoms with E-state index in [2.05, 4.69) is 0 Å². The zero-order chi connectivity index (χ0) is 15.4. The Morgan fingerprint density at radius 1 is 1.29 bits per heavy atom. The van der Waals surface area contributed by atoms with Gasteiger partial charge in [0.05, 0.1) is 12.5 Å². The molecule has 0 aliphatic heterocycles. The molecule has 0 saturated carbocycles. The Morgan fingerprint density at radius 3 is 2.57 bits per heavy atom. The van der Waals surface area contributed by atoms with Crippen molar-refractivity contribution in [2.45, 2.75) is 6.92 Å². The van der Waals surface area contributed by atoms with Crippen molar-refractivity contribution in [2.75, 3.05) is 7.11 Å². The molecule has 2 aromatic rings. The molecule has 2 rings (SSSR count). The number of ether oxygens (including phenoxy) is 1. The van der Waals surface area contributed by atoms with E-state index in [4.69, 9.17) is 10.1 Å². The zero-order valence-corrected chi connectivity index (χ0v) is 11.8. The minimum Gasteiger partial charge on any atom is -0.507 e. The molecule has 108 valence electrons. The van der Waals surface area contributed by atoms with Crippen LogP contribution in [-0.2, 0) is 9.53 Å². The van der Waals surface area contributed by atoms with Crippen LogP contribution in [0.1, 0.15) is 11.1 Å². The summed E-state index contributed by atoms with van der Waals surface area (Å²) >= 11 is 0. The summed E-state index contributed by atoms with van der Waals surface area (Å²) in [5, 5.41) is 17.7. The van der Waals surface area contributed by atoms with E-state index >= 15 is 0 Å². The average Bonchev–Trinajstić information content (AvgIpc) is 2.48. The van der Waals surface area contributed by atoms with Gasteiger partial charge in [0, 0.05) is 18.0 Å². The molecule has 0 aliphatic carbocycles. The smallest absolute Gasteiger partial charge is 0.355 e. The number of phenols is 1. The lowest BCUT2D eigenvalue weighted by Gasteiger charge is -2.10. The number of aryl methyl sites for hydroxylation is 1. The predicted octanol–water partition coefficient (Wildman–Crippen LogP) is 2.15. The number of rotatable bonds is 3. The van der Waals surface area contributed by atoms with Crippen LogP contribution in [0.15, 0.2) is 42.7 Å². The monoisotopic (exact) mass is 284 g/mol. The number of methoxy groups -OCH3 is 1. The first-order chi connectivity index (χ1) is 10.0. The number of aromatic hydroxyl groups is 1. The number of benzene rings is 1. The van der Waals surface area contributed by atoms with Crippen molar-refractivity contribution in [1.82, 2.24) is 4.57 Å². The van der Waals surface area contributed by atoms with Gasteiger partial charge in [-0.15, -0.1) is 0 Å². The summed E-state index contributed by atoms with van der Waals surface area (Å²) in [6.45, 7) is 1.90. The molecule has 5 nitrogen and oxygen atoms in total. The number of esters is 1. The van der Waals surface area contributed by atoms with Gasteiger partial charge in [0.15, 0.2) is 0 Å². The second kappa shape index (κ2) is 6.09. The predicted molar refractivity (Wildman–Crippen MR) is 79.3 cm³/mol. The highest BCUT2D eigenvalue weighted by molar-refractivity contribution is 6.15. The summed E-state index contributed by atoms with van der Waals surface area (Å²) in [6, 6.07) is 8.26. The lowest BCUT2D eigenvalue weighted by Crippen LogP contribution is -2.12. The quantitative estimate of drug-likeness (QED) is 0.670. The van der Waals surface area contributed by atoms with Gasteiger partial charge in [-0.1, -0.05) is 11.6 Å². The second-order valence-electron chi connectivity index (χ2n) is 4.58. The average molecular weight is 284 g/mol.